The zero-order valence-corrected chi connectivity index (χ0v) is 7.64. The Morgan fingerprint density at radius 3 is 2.75 bits per heavy atom. The van der Waals surface area contributed by atoms with Crippen LogP contribution in [-0.2, 0) is 9.53 Å². The van der Waals surface area contributed by atoms with Gasteiger partial charge < -0.3 is 15.8 Å². The van der Waals surface area contributed by atoms with Crippen molar-refractivity contribution in [2.24, 2.45) is 5.73 Å². The van der Waals surface area contributed by atoms with E-state index < -0.39 is 0 Å². The highest BCUT2D eigenvalue weighted by atomic mass is 16.5. The maximum absolute atomic E-state index is 10.6. The topological polar surface area (TPSA) is 64.3 Å². The van der Waals surface area contributed by atoms with Gasteiger partial charge in [-0.15, -0.1) is 0 Å². The predicted octanol–water partition coefficient (Wildman–Crippen LogP) is -0.122. The van der Waals surface area contributed by atoms with Crippen molar-refractivity contribution in [3.8, 4) is 0 Å². The molecule has 0 aromatic heterocycles. The van der Waals surface area contributed by atoms with Gasteiger partial charge in [0.15, 0.2) is 0 Å². The number of nitrogens with one attached hydrogen (secondary N) is 1. The number of carbonyl (C=O) groups is 1. The maximum Gasteiger partial charge on any atom is 0.306 e. The van der Waals surface area contributed by atoms with Crippen molar-refractivity contribution in [1.29, 1.82) is 0 Å². The summed E-state index contributed by atoms with van der Waals surface area (Å²) in [5.41, 5.74) is 5.31. The van der Waals surface area contributed by atoms with Gasteiger partial charge >= 0.3 is 5.97 Å². The van der Waals surface area contributed by atoms with Crippen LogP contribution in [0.5, 0.6) is 0 Å². The summed E-state index contributed by atoms with van der Waals surface area (Å²) in [7, 11) is 1.40. The van der Waals surface area contributed by atoms with Gasteiger partial charge in [-0.05, 0) is 25.9 Å². The molecule has 4 heteroatoms. The average Bonchev–Trinajstić information content (AvgIpc) is 2.10. The lowest BCUT2D eigenvalue weighted by molar-refractivity contribution is -0.140. The van der Waals surface area contributed by atoms with Gasteiger partial charge in [-0.25, -0.2) is 0 Å². The largest absolute Gasteiger partial charge is 0.469 e. The third kappa shape index (κ3) is 7.50. The van der Waals surface area contributed by atoms with E-state index in [1.54, 1.807) is 0 Å². The summed E-state index contributed by atoms with van der Waals surface area (Å²) in [6.07, 6.45) is 2.54. The van der Waals surface area contributed by atoms with Crippen LogP contribution < -0.4 is 11.1 Å². The molecule has 0 unspecified atom stereocenters. The molecule has 0 spiro atoms. The quantitative estimate of drug-likeness (QED) is 0.417. The number of unbranched alkanes of at least 4 members (excludes halogenated alkanes) is 1. The lowest BCUT2D eigenvalue weighted by Crippen LogP contribution is -2.20. The molecule has 0 fully saturated rings. The Hall–Kier alpha value is -0.610. The van der Waals surface area contributed by atoms with Crippen molar-refractivity contribution in [3.63, 3.8) is 0 Å². The van der Waals surface area contributed by atoms with E-state index in [0.29, 0.717) is 13.0 Å². The normalized spacial score (nSPS) is 9.83. The fourth-order valence-corrected chi connectivity index (χ4v) is 0.812. The molecule has 0 saturated heterocycles. The minimum Gasteiger partial charge on any atom is -0.469 e. The number of ether oxygens (including phenoxy) is 1. The van der Waals surface area contributed by atoms with Crippen LogP contribution in [0.1, 0.15) is 19.3 Å². The van der Waals surface area contributed by atoms with Crippen LogP contribution in [0.4, 0.5) is 0 Å². The average molecular weight is 174 g/mol. The van der Waals surface area contributed by atoms with Crippen LogP contribution in [0.25, 0.3) is 0 Å². The van der Waals surface area contributed by atoms with Gasteiger partial charge in [0.05, 0.1) is 13.5 Å². The van der Waals surface area contributed by atoms with Gasteiger partial charge in [0.1, 0.15) is 0 Å². The molecule has 4 nitrogen and oxygen atoms in total. The number of rotatable bonds is 7. The van der Waals surface area contributed by atoms with Crippen molar-refractivity contribution in [1.82, 2.24) is 5.32 Å². The maximum atomic E-state index is 10.6. The molecule has 0 aromatic rings. The third-order valence-electron chi connectivity index (χ3n) is 1.54. The van der Waals surface area contributed by atoms with Crippen LogP contribution in [0.3, 0.4) is 0 Å². The van der Waals surface area contributed by atoms with E-state index in [1.807, 2.05) is 0 Å². The highest BCUT2D eigenvalue weighted by molar-refractivity contribution is 5.69. The number of nitrogens with two attached hydrogens (primary N) is 1. The van der Waals surface area contributed by atoms with Crippen molar-refractivity contribution in [2.75, 3.05) is 26.7 Å². The molecule has 0 aliphatic heterocycles. The summed E-state index contributed by atoms with van der Waals surface area (Å²) in [5.74, 6) is -0.165. The SMILES string of the molecule is COC(=O)CCNCCCCN. The van der Waals surface area contributed by atoms with E-state index in [9.17, 15) is 4.79 Å². The van der Waals surface area contributed by atoms with E-state index in [4.69, 9.17) is 5.73 Å². The smallest absolute Gasteiger partial charge is 0.306 e. The molecule has 3 N–H and O–H groups in total. The Bertz CT molecular complexity index is 118. The van der Waals surface area contributed by atoms with E-state index >= 15 is 0 Å². The van der Waals surface area contributed by atoms with Crippen molar-refractivity contribution in [3.05, 3.63) is 0 Å². The summed E-state index contributed by atoms with van der Waals surface area (Å²) in [6.45, 7) is 2.35. The summed E-state index contributed by atoms with van der Waals surface area (Å²) in [5, 5.41) is 3.13. The number of carbonyl (C=O) groups excluding carboxylic acids is 1. The molecule has 0 heterocycles. The minimum absolute atomic E-state index is 0.165. The molecule has 0 aromatic carbocycles. The van der Waals surface area contributed by atoms with Crippen LogP contribution >= 0.6 is 0 Å². The van der Waals surface area contributed by atoms with Crippen molar-refractivity contribution in [2.45, 2.75) is 19.3 Å². The molecule has 0 atom stereocenters. The van der Waals surface area contributed by atoms with Gasteiger partial charge in [-0.1, -0.05) is 0 Å². The first kappa shape index (κ1) is 11.4. The number of hydrogen-bond acceptors (Lipinski definition) is 4. The molecule has 0 bridgehead atoms. The highest BCUT2D eigenvalue weighted by Crippen LogP contribution is 1.84. The standard InChI is InChI=1S/C8H18N2O2/c1-12-8(11)4-7-10-6-3-2-5-9/h10H,2-7,9H2,1H3. The lowest BCUT2D eigenvalue weighted by atomic mass is 10.3. The van der Waals surface area contributed by atoms with Crippen LogP contribution in [0, 0.1) is 0 Å². The molecular weight excluding hydrogens is 156 g/mol. The van der Waals surface area contributed by atoms with Gasteiger partial charge in [-0.2, -0.15) is 0 Å². The Morgan fingerprint density at radius 1 is 1.42 bits per heavy atom. The monoisotopic (exact) mass is 174 g/mol. The predicted molar refractivity (Wildman–Crippen MR) is 47.8 cm³/mol. The second kappa shape index (κ2) is 8.49. The first-order chi connectivity index (χ1) is 5.81. The first-order valence-corrected chi connectivity index (χ1v) is 4.29. The Morgan fingerprint density at radius 2 is 2.17 bits per heavy atom. The molecule has 0 rings (SSSR count). The third-order valence-corrected chi connectivity index (χ3v) is 1.54. The summed E-state index contributed by atoms with van der Waals surface area (Å²) < 4.78 is 4.48. The highest BCUT2D eigenvalue weighted by Gasteiger charge is 1.97. The number of hydrogen-bond donors (Lipinski definition) is 2. The molecule has 0 radical (unpaired) electrons. The lowest BCUT2D eigenvalue weighted by Gasteiger charge is -2.02. The molecule has 0 amide bonds. The van der Waals surface area contributed by atoms with Crippen molar-refractivity contribution < 1.29 is 9.53 Å². The summed E-state index contributed by atoms with van der Waals surface area (Å²) in [6, 6.07) is 0. The number of methoxy groups -OCH3 is 1. The van der Waals surface area contributed by atoms with Gasteiger partial charge in [0.2, 0.25) is 0 Å². The van der Waals surface area contributed by atoms with E-state index in [-0.39, 0.29) is 5.97 Å². The fraction of sp³-hybridized carbons (Fsp3) is 0.875. The zero-order chi connectivity index (χ0) is 9.23. The zero-order valence-electron chi connectivity index (χ0n) is 7.64. The molecule has 12 heavy (non-hydrogen) atoms. The van der Waals surface area contributed by atoms with Gasteiger partial charge in [0, 0.05) is 6.54 Å². The first-order valence-electron chi connectivity index (χ1n) is 4.29. The van der Waals surface area contributed by atoms with E-state index in [1.165, 1.54) is 7.11 Å². The summed E-state index contributed by atoms with van der Waals surface area (Å²) in [4.78, 5) is 10.6. The van der Waals surface area contributed by atoms with E-state index in [0.717, 1.165) is 25.9 Å². The molecule has 72 valence electrons. The Kier molecular flexibility index (Phi) is 8.05. The molecule has 0 saturated carbocycles. The molecular formula is C8H18N2O2. The van der Waals surface area contributed by atoms with Gasteiger partial charge in [0.25, 0.3) is 0 Å². The minimum atomic E-state index is -0.165. The number of esters is 1. The van der Waals surface area contributed by atoms with Crippen molar-refractivity contribution >= 4 is 5.97 Å². The second-order valence-corrected chi connectivity index (χ2v) is 2.57. The van der Waals surface area contributed by atoms with E-state index in [2.05, 4.69) is 10.1 Å². The Balaban J connectivity index is 2.95. The van der Waals surface area contributed by atoms with Crippen LogP contribution in [-0.4, -0.2) is 32.7 Å². The van der Waals surface area contributed by atoms with Gasteiger partial charge in [-0.3, -0.25) is 4.79 Å². The summed E-state index contributed by atoms with van der Waals surface area (Å²) >= 11 is 0. The fourth-order valence-electron chi connectivity index (χ4n) is 0.812. The van der Waals surface area contributed by atoms with Crippen LogP contribution in [0.2, 0.25) is 0 Å². The molecule has 0 aliphatic rings. The van der Waals surface area contributed by atoms with Crippen LogP contribution in [0.15, 0.2) is 0 Å². The molecule has 0 aliphatic carbocycles. The Labute approximate surface area is 73.5 Å². The second-order valence-electron chi connectivity index (χ2n) is 2.57.